The Balaban J connectivity index is 1.69. The highest BCUT2D eigenvalue weighted by molar-refractivity contribution is 5.83. The maximum absolute atomic E-state index is 15.1. The van der Waals surface area contributed by atoms with Crippen molar-refractivity contribution in [1.82, 2.24) is 14.5 Å². The zero-order valence-corrected chi connectivity index (χ0v) is 19.7. The molecule has 1 unspecified atom stereocenters. The number of anilines is 1. The quantitative estimate of drug-likeness (QED) is 0.493. The number of carbonyl (C=O) groups is 1. The van der Waals surface area contributed by atoms with E-state index in [0.717, 1.165) is 55.6 Å². The molecule has 2 aliphatic carbocycles. The molecule has 36 heavy (non-hydrogen) atoms. The van der Waals surface area contributed by atoms with Gasteiger partial charge in [0.1, 0.15) is 5.82 Å². The van der Waals surface area contributed by atoms with Gasteiger partial charge in [0.05, 0.1) is 16.6 Å². The topological polar surface area (TPSA) is 105 Å². The van der Waals surface area contributed by atoms with Crippen LogP contribution in [0.5, 0.6) is 0 Å². The summed E-state index contributed by atoms with van der Waals surface area (Å²) >= 11 is 0. The number of halogens is 4. The number of amides is 1. The van der Waals surface area contributed by atoms with Crippen LogP contribution in [0.4, 0.5) is 23.2 Å². The lowest BCUT2D eigenvalue weighted by atomic mass is 9.95. The smallest absolute Gasteiger partial charge is 0.380 e. The van der Waals surface area contributed by atoms with Gasteiger partial charge in [-0.3, -0.25) is 18.7 Å². The standard InChI is InChI=1S/C24H30F4N4O4/c25-17-12-16-19(13-18(17)30-14-6-2-1-3-7-14)32(15-8-4-5-9-15)23(36)31(22(16)35)11-10-29-21(34)20(33)24(26,27)28/h12-15,20,30,33H,1-11H2,(H,29,34). The summed E-state index contributed by atoms with van der Waals surface area (Å²) in [5.74, 6) is -2.31. The fourth-order valence-corrected chi connectivity index (χ4v) is 5.22. The number of benzene rings is 1. The predicted octanol–water partition coefficient (Wildman–Crippen LogP) is 3.20. The second-order valence-electron chi connectivity index (χ2n) is 9.61. The molecule has 0 spiro atoms. The first-order chi connectivity index (χ1) is 17.1. The lowest BCUT2D eigenvalue weighted by molar-refractivity contribution is -0.205. The van der Waals surface area contributed by atoms with Gasteiger partial charge in [-0.05, 0) is 37.8 Å². The second-order valence-corrected chi connectivity index (χ2v) is 9.61. The van der Waals surface area contributed by atoms with Gasteiger partial charge in [0.15, 0.2) is 0 Å². The van der Waals surface area contributed by atoms with Crippen LogP contribution in [0.2, 0.25) is 0 Å². The maximum atomic E-state index is 15.1. The highest BCUT2D eigenvalue weighted by Gasteiger charge is 2.43. The van der Waals surface area contributed by atoms with Crippen molar-refractivity contribution in [3.63, 3.8) is 0 Å². The van der Waals surface area contributed by atoms with Crippen LogP contribution in [0.3, 0.4) is 0 Å². The fourth-order valence-electron chi connectivity index (χ4n) is 5.22. The Kier molecular flexibility index (Phi) is 7.72. The number of fused-ring (bicyclic) bond motifs is 1. The lowest BCUT2D eigenvalue weighted by Crippen LogP contribution is -2.47. The van der Waals surface area contributed by atoms with Crippen LogP contribution in [0.15, 0.2) is 21.7 Å². The SMILES string of the molecule is O=C(NCCn1c(=O)c2cc(F)c(NC3CCCCC3)cc2n(C2CCCC2)c1=O)C(O)C(F)(F)F. The van der Waals surface area contributed by atoms with E-state index in [2.05, 4.69) is 5.32 Å². The molecule has 12 heteroatoms. The zero-order valence-electron chi connectivity index (χ0n) is 19.7. The van der Waals surface area contributed by atoms with Crippen molar-refractivity contribution in [3.8, 4) is 0 Å². The van der Waals surface area contributed by atoms with Crippen LogP contribution in [-0.2, 0) is 11.3 Å². The molecule has 2 saturated carbocycles. The number of rotatable bonds is 7. The average molecular weight is 515 g/mol. The Morgan fingerprint density at radius 2 is 1.69 bits per heavy atom. The maximum Gasteiger partial charge on any atom is 0.423 e. The van der Waals surface area contributed by atoms with Crippen molar-refractivity contribution >= 4 is 22.5 Å². The van der Waals surface area contributed by atoms with E-state index in [-0.39, 0.29) is 23.2 Å². The molecule has 0 radical (unpaired) electrons. The van der Waals surface area contributed by atoms with Crippen LogP contribution < -0.4 is 21.9 Å². The van der Waals surface area contributed by atoms with Crippen LogP contribution >= 0.6 is 0 Å². The molecule has 0 bridgehead atoms. The third kappa shape index (κ3) is 5.42. The molecule has 1 heterocycles. The van der Waals surface area contributed by atoms with Gasteiger partial charge in [-0.15, -0.1) is 0 Å². The summed E-state index contributed by atoms with van der Waals surface area (Å²) in [6.07, 6.45) is -0.155. The second kappa shape index (κ2) is 10.6. The monoisotopic (exact) mass is 514 g/mol. The van der Waals surface area contributed by atoms with Crippen molar-refractivity contribution in [3.05, 3.63) is 38.8 Å². The van der Waals surface area contributed by atoms with Crippen molar-refractivity contribution in [1.29, 1.82) is 0 Å². The number of aromatic nitrogens is 2. The summed E-state index contributed by atoms with van der Waals surface area (Å²) in [6.45, 7) is -0.929. The first-order valence-corrected chi connectivity index (χ1v) is 12.4. The van der Waals surface area contributed by atoms with Crippen LogP contribution in [0, 0.1) is 5.82 Å². The Morgan fingerprint density at radius 3 is 2.33 bits per heavy atom. The minimum atomic E-state index is -5.14. The van der Waals surface area contributed by atoms with Crippen molar-refractivity contribution in [2.45, 2.75) is 88.7 Å². The molecule has 198 valence electrons. The number of alkyl halides is 3. The molecule has 2 aliphatic rings. The number of hydrogen-bond acceptors (Lipinski definition) is 5. The molecule has 8 nitrogen and oxygen atoms in total. The molecule has 2 fully saturated rings. The molecule has 4 rings (SSSR count). The van der Waals surface area contributed by atoms with Crippen molar-refractivity contribution < 1.29 is 27.5 Å². The highest BCUT2D eigenvalue weighted by Crippen LogP contribution is 2.32. The van der Waals surface area contributed by atoms with E-state index in [9.17, 15) is 27.6 Å². The van der Waals surface area contributed by atoms with Gasteiger partial charge in [-0.25, -0.2) is 9.18 Å². The van der Waals surface area contributed by atoms with E-state index in [4.69, 9.17) is 5.11 Å². The van der Waals surface area contributed by atoms with Gasteiger partial charge < -0.3 is 15.7 Å². The molecule has 0 aliphatic heterocycles. The Hall–Kier alpha value is -2.89. The van der Waals surface area contributed by atoms with Crippen molar-refractivity contribution in [2.75, 3.05) is 11.9 Å². The summed E-state index contributed by atoms with van der Waals surface area (Å²) in [5, 5.41) is 14.1. The molecule has 0 saturated heterocycles. The van der Waals surface area contributed by atoms with E-state index >= 15 is 4.39 Å². The fraction of sp³-hybridized carbons (Fsp3) is 0.625. The Labute approximate surface area is 204 Å². The van der Waals surface area contributed by atoms with E-state index in [1.54, 1.807) is 0 Å². The van der Waals surface area contributed by atoms with Gasteiger partial charge in [-0.2, -0.15) is 13.2 Å². The Morgan fingerprint density at radius 1 is 1.06 bits per heavy atom. The van der Waals surface area contributed by atoms with Crippen molar-refractivity contribution in [2.24, 2.45) is 0 Å². The lowest BCUT2D eigenvalue weighted by Gasteiger charge is -2.25. The van der Waals surface area contributed by atoms with E-state index in [0.29, 0.717) is 18.4 Å². The van der Waals surface area contributed by atoms with Crippen LogP contribution in [0.1, 0.15) is 63.8 Å². The summed E-state index contributed by atoms with van der Waals surface area (Å²) < 4.78 is 54.9. The summed E-state index contributed by atoms with van der Waals surface area (Å²) in [4.78, 5) is 38.2. The van der Waals surface area contributed by atoms with Gasteiger partial charge in [0.2, 0.25) is 6.10 Å². The molecule has 3 N–H and O–H groups in total. The molecule has 1 amide bonds. The molecular formula is C24H30F4N4O4. The third-order valence-electron chi connectivity index (χ3n) is 7.11. The van der Waals surface area contributed by atoms with E-state index in [1.807, 2.05) is 5.32 Å². The normalized spacial score (nSPS) is 18.5. The van der Waals surface area contributed by atoms with Gasteiger partial charge in [0.25, 0.3) is 11.5 Å². The molecule has 2 aromatic rings. The summed E-state index contributed by atoms with van der Waals surface area (Å²) in [5.41, 5.74) is -0.922. The minimum absolute atomic E-state index is 0.0187. The average Bonchev–Trinajstić information content (AvgIpc) is 3.36. The number of carbonyl (C=O) groups excluding carboxylic acids is 1. The third-order valence-corrected chi connectivity index (χ3v) is 7.11. The van der Waals surface area contributed by atoms with Gasteiger partial charge >= 0.3 is 11.9 Å². The van der Waals surface area contributed by atoms with Crippen LogP contribution in [-0.4, -0.2) is 45.0 Å². The van der Waals surface area contributed by atoms with E-state index < -0.39 is 48.3 Å². The summed E-state index contributed by atoms with van der Waals surface area (Å²) in [7, 11) is 0. The summed E-state index contributed by atoms with van der Waals surface area (Å²) in [6, 6.07) is 2.50. The zero-order chi connectivity index (χ0) is 26.0. The minimum Gasteiger partial charge on any atom is -0.380 e. The predicted molar refractivity (Wildman–Crippen MR) is 125 cm³/mol. The number of aliphatic hydroxyl groups excluding tert-OH is 1. The number of nitrogens with zero attached hydrogens (tertiary/aromatic N) is 2. The first kappa shape index (κ1) is 26.2. The number of aliphatic hydroxyl groups is 1. The Bertz CT molecular complexity index is 1230. The van der Waals surface area contributed by atoms with Gasteiger partial charge in [0, 0.05) is 25.2 Å². The number of nitrogens with one attached hydrogen (secondary N) is 2. The first-order valence-electron chi connectivity index (χ1n) is 12.4. The molecule has 1 atom stereocenters. The molecule has 1 aromatic carbocycles. The van der Waals surface area contributed by atoms with E-state index in [1.165, 1.54) is 10.6 Å². The van der Waals surface area contributed by atoms with Gasteiger partial charge in [-0.1, -0.05) is 32.1 Å². The van der Waals surface area contributed by atoms with Crippen LogP contribution in [0.25, 0.3) is 10.9 Å². The largest absolute Gasteiger partial charge is 0.423 e. The number of hydrogen-bond donors (Lipinski definition) is 3. The molecule has 1 aromatic heterocycles. The molecular weight excluding hydrogens is 484 g/mol. The highest BCUT2D eigenvalue weighted by atomic mass is 19.4.